The van der Waals surface area contributed by atoms with E-state index in [9.17, 15) is 13.6 Å². The monoisotopic (exact) mass is 354 g/mol. The van der Waals surface area contributed by atoms with Crippen LogP contribution < -0.4 is 16.0 Å². The summed E-state index contributed by atoms with van der Waals surface area (Å²) in [6.45, 7) is 2.64. The number of halogens is 2. The molecule has 0 spiro atoms. The Balaban J connectivity index is 1.84. The van der Waals surface area contributed by atoms with Crippen LogP contribution >= 0.6 is 0 Å². The van der Waals surface area contributed by atoms with Crippen LogP contribution in [0.4, 0.5) is 13.6 Å². The molecule has 25 heavy (non-hydrogen) atoms. The lowest BCUT2D eigenvalue weighted by Gasteiger charge is -2.20. The van der Waals surface area contributed by atoms with Crippen molar-refractivity contribution in [2.45, 2.75) is 32.4 Å². The van der Waals surface area contributed by atoms with Gasteiger partial charge in [0.2, 0.25) is 0 Å². The Bertz CT molecular complexity index is 621. The molecule has 1 aliphatic carbocycles. The minimum Gasteiger partial charge on any atom is -0.450 e. The van der Waals surface area contributed by atoms with E-state index in [1.54, 1.807) is 14.0 Å². The number of nitrogens with zero attached hydrogens (tertiary/aromatic N) is 1. The molecule has 1 fully saturated rings. The molecule has 1 saturated carbocycles. The molecule has 0 aromatic heterocycles. The van der Waals surface area contributed by atoms with Crippen LogP contribution in [-0.2, 0) is 11.3 Å². The van der Waals surface area contributed by atoms with Gasteiger partial charge in [0.15, 0.2) is 5.96 Å². The molecular formula is C17H24F2N4O2. The van der Waals surface area contributed by atoms with Gasteiger partial charge in [-0.15, -0.1) is 0 Å². The molecule has 1 unspecified atom stereocenters. The molecule has 0 saturated heterocycles. The first kappa shape index (κ1) is 19.0. The van der Waals surface area contributed by atoms with Crippen molar-refractivity contribution in [3.8, 4) is 0 Å². The zero-order valence-corrected chi connectivity index (χ0v) is 14.4. The minimum atomic E-state index is -0.492. The molecule has 2 rings (SSSR count). The molecule has 3 N–H and O–H groups in total. The Morgan fingerprint density at radius 3 is 2.76 bits per heavy atom. The van der Waals surface area contributed by atoms with Crippen molar-refractivity contribution in [2.24, 2.45) is 10.9 Å². The van der Waals surface area contributed by atoms with E-state index >= 15 is 0 Å². The van der Waals surface area contributed by atoms with Gasteiger partial charge in [-0.3, -0.25) is 4.99 Å². The van der Waals surface area contributed by atoms with Crippen LogP contribution in [0.25, 0.3) is 0 Å². The Hall–Kier alpha value is -2.38. The number of alkyl carbamates (subject to hydrolysis) is 1. The van der Waals surface area contributed by atoms with Gasteiger partial charge in [-0.2, -0.15) is 0 Å². The summed E-state index contributed by atoms with van der Waals surface area (Å²) in [5, 5.41) is 8.86. The third-order valence-electron chi connectivity index (χ3n) is 3.94. The van der Waals surface area contributed by atoms with Gasteiger partial charge in [0, 0.05) is 25.7 Å². The molecule has 1 atom stereocenters. The Morgan fingerprint density at radius 2 is 2.12 bits per heavy atom. The number of ether oxygens (including phenoxy) is 1. The Labute approximate surface area is 146 Å². The average Bonchev–Trinajstić information content (AvgIpc) is 3.42. The molecule has 0 bridgehead atoms. The fourth-order valence-electron chi connectivity index (χ4n) is 2.44. The van der Waals surface area contributed by atoms with Gasteiger partial charge in [0.25, 0.3) is 0 Å². The number of carbonyl (C=O) groups is 1. The van der Waals surface area contributed by atoms with E-state index in [0.717, 1.165) is 31.0 Å². The second-order valence-corrected chi connectivity index (χ2v) is 5.85. The van der Waals surface area contributed by atoms with Gasteiger partial charge in [-0.25, -0.2) is 13.6 Å². The van der Waals surface area contributed by atoms with Gasteiger partial charge in [0.1, 0.15) is 11.6 Å². The SMILES string of the molecule is CCOC(=O)NC(CNC(=NC)NCc1cc(F)ccc1F)C1CC1. The van der Waals surface area contributed by atoms with Crippen molar-refractivity contribution in [3.05, 3.63) is 35.4 Å². The highest BCUT2D eigenvalue weighted by Gasteiger charge is 2.32. The molecule has 138 valence electrons. The normalized spacial score (nSPS) is 15.4. The molecule has 6 nitrogen and oxygen atoms in total. The summed E-state index contributed by atoms with van der Waals surface area (Å²) in [6, 6.07) is 3.25. The summed E-state index contributed by atoms with van der Waals surface area (Å²) in [5.74, 6) is -0.117. The number of hydrogen-bond acceptors (Lipinski definition) is 3. The molecule has 8 heteroatoms. The first-order valence-electron chi connectivity index (χ1n) is 8.35. The fraction of sp³-hybridized carbons (Fsp3) is 0.529. The van der Waals surface area contributed by atoms with Crippen molar-refractivity contribution < 1.29 is 18.3 Å². The van der Waals surface area contributed by atoms with Crippen molar-refractivity contribution >= 4 is 12.1 Å². The van der Waals surface area contributed by atoms with Gasteiger partial charge >= 0.3 is 6.09 Å². The summed E-state index contributed by atoms with van der Waals surface area (Å²) in [6.07, 6.45) is 1.67. The van der Waals surface area contributed by atoms with E-state index in [-0.39, 0.29) is 18.2 Å². The summed E-state index contributed by atoms with van der Waals surface area (Å²) >= 11 is 0. The highest BCUT2D eigenvalue weighted by atomic mass is 19.1. The largest absolute Gasteiger partial charge is 0.450 e. The summed E-state index contributed by atoms with van der Waals surface area (Å²) in [4.78, 5) is 15.7. The zero-order chi connectivity index (χ0) is 18.2. The molecule has 0 radical (unpaired) electrons. The van der Waals surface area contributed by atoms with Gasteiger partial charge < -0.3 is 20.7 Å². The molecule has 1 aliphatic rings. The molecule has 1 amide bonds. The first-order valence-corrected chi connectivity index (χ1v) is 8.35. The van der Waals surface area contributed by atoms with E-state index in [1.807, 2.05) is 0 Å². The van der Waals surface area contributed by atoms with Crippen LogP contribution in [-0.4, -0.2) is 38.3 Å². The predicted octanol–water partition coefficient (Wildman–Crippen LogP) is 2.15. The maximum atomic E-state index is 13.6. The maximum Gasteiger partial charge on any atom is 0.407 e. The third kappa shape index (κ3) is 6.21. The number of nitrogens with one attached hydrogen (secondary N) is 3. The molecule has 1 aromatic rings. The van der Waals surface area contributed by atoms with Crippen LogP contribution in [0.2, 0.25) is 0 Å². The first-order chi connectivity index (χ1) is 12.0. The summed E-state index contributed by atoms with van der Waals surface area (Å²) < 4.78 is 31.7. The van der Waals surface area contributed by atoms with Crippen molar-refractivity contribution in [2.75, 3.05) is 20.2 Å². The quantitative estimate of drug-likeness (QED) is 0.518. The molecular weight excluding hydrogens is 330 g/mol. The topological polar surface area (TPSA) is 74.8 Å². The number of hydrogen-bond donors (Lipinski definition) is 3. The van der Waals surface area contributed by atoms with Crippen LogP contribution in [0.3, 0.4) is 0 Å². The average molecular weight is 354 g/mol. The zero-order valence-electron chi connectivity index (χ0n) is 14.4. The maximum absolute atomic E-state index is 13.6. The predicted molar refractivity (Wildman–Crippen MR) is 91.2 cm³/mol. The van der Waals surface area contributed by atoms with E-state index < -0.39 is 17.7 Å². The summed E-state index contributed by atoms with van der Waals surface area (Å²) in [7, 11) is 1.59. The third-order valence-corrected chi connectivity index (χ3v) is 3.94. The number of amides is 1. The fourth-order valence-corrected chi connectivity index (χ4v) is 2.44. The van der Waals surface area contributed by atoms with E-state index in [2.05, 4.69) is 20.9 Å². The molecule has 0 aliphatic heterocycles. The van der Waals surface area contributed by atoms with Crippen LogP contribution in [0.15, 0.2) is 23.2 Å². The van der Waals surface area contributed by atoms with Crippen LogP contribution in [0.5, 0.6) is 0 Å². The van der Waals surface area contributed by atoms with Gasteiger partial charge in [-0.05, 0) is 43.9 Å². The number of rotatable bonds is 7. The second kappa shape index (κ2) is 9.19. The van der Waals surface area contributed by atoms with Crippen LogP contribution in [0.1, 0.15) is 25.3 Å². The highest BCUT2D eigenvalue weighted by molar-refractivity contribution is 5.79. The second-order valence-electron chi connectivity index (χ2n) is 5.85. The van der Waals surface area contributed by atoms with Crippen LogP contribution in [0, 0.1) is 17.6 Å². The number of aliphatic imine (C=N–C) groups is 1. The Morgan fingerprint density at radius 1 is 1.36 bits per heavy atom. The lowest BCUT2D eigenvalue weighted by molar-refractivity contribution is 0.146. The van der Waals surface area contributed by atoms with Crippen molar-refractivity contribution in [1.29, 1.82) is 0 Å². The number of guanidine groups is 1. The Kier molecular flexibility index (Phi) is 6.97. The molecule has 0 heterocycles. The van der Waals surface area contributed by atoms with E-state index in [4.69, 9.17) is 4.74 Å². The summed E-state index contributed by atoms with van der Waals surface area (Å²) in [5.41, 5.74) is 0.214. The number of carbonyl (C=O) groups excluding carboxylic acids is 1. The highest BCUT2D eigenvalue weighted by Crippen LogP contribution is 2.32. The van der Waals surface area contributed by atoms with Crippen molar-refractivity contribution in [1.82, 2.24) is 16.0 Å². The molecule has 1 aromatic carbocycles. The van der Waals surface area contributed by atoms with Gasteiger partial charge in [-0.1, -0.05) is 0 Å². The standard InChI is InChI=1S/C17H24F2N4O2/c1-3-25-17(24)23-15(11-4-5-11)10-22-16(20-2)21-9-12-8-13(18)6-7-14(12)19/h6-8,11,15H,3-5,9-10H2,1-2H3,(H,23,24)(H2,20,21,22). The number of benzene rings is 1. The lowest BCUT2D eigenvalue weighted by atomic mass is 10.2. The minimum absolute atomic E-state index is 0.0662. The van der Waals surface area contributed by atoms with Crippen molar-refractivity contribution in [3.63, 3.8) is 0 Å². The van der Waals surface area contributed by atoms with E-state index in [0.29, 0.717) is 25.0 Å². The smallest absolute Gasteiger partial charge is 0.407 e. The lowest BCUT2D eigenvalue weighted by Crippen LogP contribution is -2.48. The van der Waals surface area contributed by atoms with Gasteiger partial charge in [0.05, 0.1) is 12.6 Å². The van der Waals surface area contributed by atoms with E-state index in [1.165, 1.54) is 0 Å².